The summed E-state index contributed by atoms with van der Waals surface area (Å²) in [7, 11) is 0. The lowest BCUT2D eigenvalue weighted by molar-refractivity contribution is 0.228. The van der Waals surface area contributed by atoms with Crippen LogP contribution in [0.25, 0.3) is 0 Å². The van der Waals surface area contributed by atoms with Crippen molar-refractivity contribution in [3.63, 3.8) is 0 Å². The van der Waals surface area contributed by atoms with Crippen LogP contribution in [0, 0.1) is 0 Å². The lowest BCUT2D eigenvalue weighted by Crippen LogP contribution is -2.40. The lowest BCUT2D eigenvalue weighted by Gasteiger charge is -2.18. The van der Waals surface area contributed by atoms with Gasteiger partial charge < -0.3 is 10.4 Å². The first-order valence-electron chi connectivity index (χ1n) is 3.40. The minimum Gasteiger partial charge on any atom is -0.395 e. The second-order valence-electron chi connectivity index (χ2n) is 2.74. The Morgan fingerprint density at radius 3 is 3.11 bits per heavy atom. The van der Waals surface area contributed by atoms with Gasteiger partial charge in [-0.25, -0.2) is 0 Å². The first-order chi connectivity index (χ1) is 4.40. The van der Waals surface area contributed by atoms with Crippen LogP contribution in [0.2, 0.25) is 0 Å². The van der Waals surface area contributed by atoms with E-state index in [0.29, 0.717) is 12.6 Å². The molecule has 2 saturated heterocycles. The molecular formula is C6H11NOS. The Hall–Kier alpha value is 0.270. The van der Waals surface area contributed by atoms with Crippen molar-refractivity contribution >= 4 is 11.8 Å². The molecule has 0 aromatic carbocycles. The highest BCUT2D eigenvalue weighted by molar-refractivity contribution is 8.07. The highest BCUT2D eigenvalue weighted by atomic mass is 32.2. The number of thioether (sulfide) groups is 1. The zero-order valence-electron chi connectivity index (χ0n) is 5.21. The Morgan fingerprint density at radius 2 is 2.44 bits per heavy atom. The Bertz CT molecular complexity index is 120. The van der Waals surface area contributed by atoms with Gasteiger partial charge in [-0.3, -0.25) is 0 Å². The summed E-state index contributed by atoms with van der Waals surface area (Å²) in [5.41, 5.74) is 0. The molecule has 3 unspecified atom stereocenters. The van der Waals surface area contributed by atoms with Crippen LogP contribution in [0.5, 0.6) is 0 Å². The van der Waals surface area contributed by atoms with Crippen LogP contribution in [-0.2, 0) is 0 Å². The average Bonchev–Trinajstić information content (AvgIpc) is 2.64. The molecule has 2 aliphatic heterocycles. The first kappa shape index (κ1) is 6.01. The largest absolute Gasteiger partial charge is 0.395 e. The maximum absolute atomic E-state index is 8.76. The number of aliphatic hydroxyl groups is 1. The van der Waals surface area contributed by atoms with Gasteiger partial charge in [-0.05, 0) is 6.42 Å². The van der Waals surface area contributed by atoms with E-state index < -0.39 is 0 Å². The van der Waals surface area contributed by atoms with E-state index in [4.69, 9.17) is 5.11 Å². The van der Waals surface area contributed by atoms with Crippen LogP contribution in [0.4, 0.5) is 0 Å². The third-order valence-electron chi connectivity index (χ3n) is 2.03. The maximum Gasteiger partial charge on any atom is 0.0585 e. The second kappa shape index (κ2) is 2.15. The SMILES string of the molecule is OCC1CC2SC2CN1. The summed E-state index contributed by atoms with van der Waals surface area (Å²) in [4.78, 5) is 0. The van der Waals surface area contributed by atoms with Crippen LogP contribution in [0.3, 0.4) is 0 Å². The van der Waals surface area contributed by atoms with E-state index in [1.54, 1.807) is 0 Å². The summed E-state index contributed by atoms with van der Waals surface area (Å²) in [6.45, 7) is 1.42. The highest BCUT2D eigenvalue weighted by Gasteiger charge is 2.42. The number of rotatable bonds is 1. The summed E-state index contributed by atoms with van der Waals surface area (Å²) < 4.78 is 0. The van der Waals surface area contributed by atoms with Crippen LogP contribution in [0.1, 0.15) is 6.42 Å². The van der Waals surface area contributed by atoms with Crippen LogP contribution in [-0.4, -0.2) is 34.8 Å². The number of piperidine rings is 1. The molecule has 0 aliphatic carbocycles. The number of aliphatic hydroxyl groups excluding tert-OH is 1. The predicted molar refractivity (Wildman–Crippen MR) is 38.7 cm³/mol. The average molecular weight is 145 g/mol. The molecule has 2 fully saturated rings. The van der Waals surface area contributed by atoms with Gasteiger partial charge in [0.25, 0.3) is 0 Å². The summed E-state index contributed by atoms with van der Waals surface area (Å²) in [5.74, 6) is 0. The molecule has 52 valence electrons. The molecule has 0 amide bonds. The standard InChI is InChI=1S/C6H11NOS/c8-3-4-1-5-6(9-5)2-7-4/h4-8H,1-3H2. The molecule has 3 atom stereocenters. The molecule has 2 nitrogen and oxygen atoms in total. The van der Waals surface area contributed by atoms with Crippen molar-refractivity contribution in [1.29, 1.82) is 0 Å². The van der Waals surface area contributed by atoms with E-state index >= 15 is 0 Å². The predicted octanol–water partition coefficient (Wildman–Crippen LogP) is -0.175. The van der Waals surface area contributed by atoms with Crippen LogP contribution >= 0.6 is 11.8 Å². The molecule has 3 heteroatoms. The lowest BCUT2D eigenvalue weighted by atomic mass is 10.1. The fraction of sp³-hybridized carbons (Fsp3) is 1.00. The Morgan fingerprint density at radius 1 is 1.56 bits per heavy atom. The van der Waals surface area contributed by atoms with Crippen molar-refractivity contribution < 1.29 is 5.11 Å². The van der Waals surface area contributed by atoms with Crippen molar-refractivity contribution in [3.05, 3.63) is 0 Å². The highest BCUT2D eigenvalue weighted by Crippen LogP contribution is 2.45. The molecule has 2 N–H and O–H groups in total. The minimum absolute atomic E-state index is 0.309. The normalized spacial score (nSPS) is 48.3. The molecule has 0 saturated carbocycles. The Balaban J connectivity index is 1.86. The number of fused-ring (bicyclic) bond motifs is 1. The van der Waals surface area contributed by atoms with Gasteiger partial charge in [-0.1, -0.05) is 0 Å². The van der Waals surface area contributed by atoms with Crippen molar-refractivity contribution in [1.82, 2.24) is 5.32 Å². The van der Waals surface area contributed by atoms with Gasteiger partial charge in [0.15, 0.2) is 0 Å². The summed E-state index contributed by atoms with van der Waals surface area (Å²) in [6, 6.07) is 0.390. The quantitative estimate of drug-likeness (QED) is 0.502. The molecule has 0 radical (unpaired) electrons. The van der Waals surface area contributed by atoms with Gasteiger partial charge in [0, 0.05) is 23.1 Å². The molecule has 0 aromatic heterocycles. The number of nitrogens with one attached hydrogen (secondary N) is 1. The van der Waals surface area contributed by atoms with Gasteiger partial charge in [-0.15, -0.1) is 0 Å². The zero-order valence-corrected chi connectivity index (χ0v) is 6.03. The van der Waals surface area contributed by atoms with E-state index in [1.807, 2.05) is 11.8 Å². The number of hydrogen-bond acceptors (Lipinski definition) is 3. The zero-order chi connectivity index (χ0) is 6.27. The molecule has 2 heterocycles. The van der Waals surface area contributed by atoms with Crippen molar-refractivity contribution in [3.8, 4) is 0 Å². The third-order valence-corrected chi connectivity index (χ3v) is 3.43. The molecule has 0 spiro atoms. The summed E-state index contributed by atoms with van der Waals surface area (Å²) in [6.07, 6.45) is 1.17. The summed E-state index contributed by atoms with van der Waals surface area (Å²) in [5, 5.41) is 13.8. The van der Waals surface area contributed by atoms with E-state index in [2.05, 4.69) is 5.32 Å². The fourth-order valence-electron chi connectivity index (χ4n) is 1.35. The van der Waals surface area contributed by atoms with E-state index in [9.17, 15) is 0 Å². The molecule has 0 bridgehead atoms. The molecule has 9 heavy (non-hydrogen) atoms. The number of hydrogen-bond donors (Lipinski definition) is 2. The van der Waals surface area contributed by atoms with Gasteiger partial charge in [0.05, 0.1) is 6.61 Å². The fourth-order valence-corrected chi connectivity index (χ4v) is 2.45. The Kier molecular flexibility index (Phi) is 1.43. The van der Waals surface area contributed by atoms with E-state index in [1.165, 1.54) is 6.42 Å². The van der Waals surface area contributed by atoms with Gasteiger partial charge in [0.2, 0.25) is 0 Å². The molecule has 2 aliphatic rings. The third kappa shape index (κ3) is 1.09. The van der Waals surface area contributed by atoms with Crippen molar-refractivity contribution in [2.45, 2.75) is 23.0 Å². The van der Waals surface area contributed by atoms with Gasteiger partial charge >= 0.3 is 0 Å². The first-order valence-corrected chi connectivity index (χ1v) is 4.34. The van der Waals surface area contributed by atoms with E-state index in [-0.39, 0.29) is 0 Å². The minimum atomic E-state index is 0.309. The second-order valence-corrected chi connectivity index (χ2v) is 4.22. The topological polar surface area (TPSA) is 32.3 Å². The maximum atomic E-state index is 8.76. The van der Waals surface area contributed by atoms with Crippen LogP contribution < -0.4 is 5.32 Å². The van der Waals surface area contributed by atoms with Gasteiger partial charge in [0.1, 0.15) is 0 Å². The molecule has 0 aromatic rings. The van der Waals surface area contributed by atoms with Gasteiger partial charge in [-0.2, -0.15) is 11.8 Å². The molecule has 2 rings (SSSR count). The molecular weight excluding hydrogens is 134 g/mol. The monoisotopic (exact) mass is 145 g/mol. The van der Waals surface area contributed by atoms with Crippen molar-refractivity contribution in [2.75, 3.05) is 13.2 Å². The van der Waals surface area contributed by atoms with Crippen LogP contribution in [0.15, 0.2) is 0 Å². The Labute approximate surface area is 59.0 Å². The van der Waals surface area contributed by atoms with E-state index in [0.717, 1.165) is 17.0 Å². The summed E-state index contributed by atoms with van der Waals surface area (Å²) >= 11 is 2.04. The van der Waals surface area contributed by atoms with Crippen molar-refractivity contribution in [2.24, 2.45) is 0 Å². The smallest absolute Gasteiger partial charge is 0.0585 e.